The third-order valence-corrected chi connectivity index (χ3v) is 14.5. The van der Waals surface area contributed by atoms with Crippen LogP contribution in [0.5, 0.6) is 0 Å². The van der Waals surface area contributed by atoms with Gasteiger partial charge in [0.2, 0.25) is 0 Å². The Hall–Kier alpha value is -1.40. The van der Waals surface area contributed by atoms with Gasteiger partial charge in [-0.3, -0.25) is 9.59 Å². The molecule has 6 nitrogen and oxygen atoms in total. The molecule has 0 bridgehead atoms. The van der Waals surface area contributed by atoms with Gasteiger partial charge in [0, 0.05) is 11.8 Å². The Balaban J connectivity index is 1.44. The molecule has 232 valence electrons. The van der Waals surface area contributed by atoms with E-state index in [0.29, 0.717) is 23.7 Å². The number of carboxylic acids is 1. The quantitative estimate of drug-likeness (QED) is 0.240. The Bertz CT molecular complexity index is 1080. The van der Waals surface area contributed by atoms with Crippen molar-refractivity contribution < 1.29 is 29.6 Å². The molecule has 6 heteroatoms. The first-order chi connectivity index (χ1) is 19.1. The molecule has 5 aliphatic rings. The largest absolute Gasteiger partial charge is 0.481 e. The third-order valence-electron chi connectivity index (χ3n) is 14.5. The van der Waals surface area contributed by atoms with Gasteiger partial charge in [-0.2, -0.15) is 0 Å². The van der Waals surface area contributed by atoms with Crippen LogP contribution >= 0.6 is 0 Å². The number of aliphatic hydroxyl groups excluding tert-OH is 2. The molecule has 0 amide bonds. The van der Waals surface area contributed by atoms with E-state index in [2.05, 4.69) is 54.5 Å². The number of allylic oxidation sites excluding steroid dienone is 2. The summed E-state index contributed by atoms with van der Waals surface area (Å²) in [7, 11) is 0. The van der Waals surface area contributed by atoms with Crippen molar-refractivity contribution in [3.8, 4) is 0 Å². The van der Waals surface area contributed by atoms with E-state index < -0.39 is 17.5 Å². The fourth-order valence-corrected chi connectivity index (χ4v) is 11.6. The van der Waals surface area contributed by atoms with Crippen LogP contribution < -0.4 is 0 Å². The maximum atomic E-state index is 12.9. The van der Waals surface area contributed by atoms with Crippen LogP contribution in [-0.2, 0) is 14.3 Å². The lowest BCUT2D eigenvalue weighted by molar-refractivity contribution is -0.214. The lowest BCUT2D eigenvalue weighted by atomic mass is 9.33. The number of carbonyl (C=O) groups is 2. The highest BCUT2D eigenvalue weighted by Gasteiger charge is 2.69. The molecule has 0 aromatic rings. The summed E-state index contributed by atoms with van der Waals surface area (Å²) in [6.45, 7) is 16.4. The number of carbonyl (C=O) groups excluding carboxylic acids is 1. The molecule has 0 aromatic carbocycles. The van der Waals surface area contributed by atoms with Gasteiger partial charge in [-0.15, -0.1) is 0 Å². The van der Waals surface area contributed by atoms with Crippen LogP contribution in [0.2, 0.25) is 0 Å². The van der Waals surface area contributed by atoms with E-state index in [4.69, 9.17) is 9.84 Å². The molecule has 5 rings (SSSR count). The molecule has 0 saturated heterocycles. The van der Waals surface area contributed by atoms with Crippen LogP contribution in [0.25, 0.3) is 0 Å². The van der Waals surface area contributed by atoms with E-state index >= 15 is 0 Å². The molecule has 2 unspecified atom stereocenters. The summed E-state index contributed by atoms with van der Waals surface area (Å²) >= 11 is 0. The number of esters is 1. The van der Waals surface area contributed by atoms with Gasteiger partial charge in [0.1, 0.15) is 6.10 Å². The lowest BCUT2D eigenvalue weighted by Crippen LogP contribution is -2.65. The molecule has 5 aliphatic carbocycles. The van der Waals surface area contributed by atoms with Gasteiger partial charge in [0.05, 0.1) is 18.1 Å². The number of ether oxygens (including phenoxy) is 1. The van der Waals surface area contributed by atoms with Gasteiger partial charge in [-0.25, -0.2) is 0 Å². The molecular formula is C35H56O6. The number of carboxylic acid groups (broad SMARTS) is 1. The number of rotatable bonds is 6. The standard InChI is InChI=1S/C35H56O6/c1-21-12-17-35(30(39)40)19-18-33(6)24(29(35)22(21)2)9-10-26-32(5)15-14-27(41-28(38)11-8-23(37)20-36)31(3,4)25(32)13-16-34(26,33)7/h9,21-23,25-27,29,36-37H,8,10-20H2,1-7H3,(H,39,40)/t21-,22+,23?,25+,26-,27+,29?,32+,33-,34-,35+/m1/s1. The first-order valence-electron chi connectivity index (χ1n) is 16.5. The van der Waals surface area contributed by atoms with Crippen LogP contribution in [0.4, 0.5) is 0 Å². The lowest BCUT2D eigenvalue weighted by Gasteiger charge is -2.71. The fourth-order valence-electron chi connectivity index (χ4n) is 11.6. The van der Waals surface area contributed by atoms with Crippen LogP contribution in [0.3, 0.4) is 0 Å². The van der Waals surface area contributed by atoms with Crippen LogP contribution in [0.1, 0.15) is 119 Å². The second-order valence-electron chi connectivity index (χ2n) is 16.3. The van der Waals surface area contributed by atoms with Gasteiger partial charge in [0.25, 0.3) is 0 Å². The molecule has 0 radical (unpaired) electrons. The van der Waals surface area contributed by atoms with Crippen molar-refractivity contribution in [2.75, 3.05) is 6.61 Å². The minimum atomic E-state index is -0.882. The van der Waals surface area contributed by atoms with E-state index in [-0.39, 0.29) is 59.1 Å². The smallest absolute Gasteiger partial charge is 0.310 e. The van der Waals surface area contributed by atoms with Crippen molar-refractivity contribution in [1.29, 1.82) is 0 Å². The third kappa shape index (κ3) is 4.38. The summed E-state index contributed by atoms with van der Waals surface area (Å²) in [4.78, 5) is 25.6. The summed E-state index contributed by atoms with van der Waals surface area (Å²) < 4.78 is 6.08. The topological polar surface area (TPSA) is 104 Å². The van der Waals surface area contributed by atoms with Crippen molar-refractivity contribution in [2.45, 2.75) is 131 Å². The monoisotopic (exact) mass is 572 g/mol. The highest BCUT2D eigenvalue weighted by molar-refractivity contribution is 5.76. The van der Waals surface area contributed by atoms with Crippen LogP contribution in [0, 0.1) is 56.7 Å². The predicted molar refractivity (Wildman–Crippen MR) is 159 cm³/mol. The molecule has 11 atom stereocenters. The highest BCUT2D eigenvalue weighted by Crippen LogP contribution is 2.75. The maximum Gasteiger partial charge on any atom is 0.310 e. The second kappa shape index (κ2) is 10.4. The van der Waals surface area contributed by atoms with Crippen molar-refractivity contribution >= 4 is 11.9 Å². The summed E-state index contributed by atoms with van der Waals surface area (Å²) in [6, 6.07) is 0. The first-order valence-corrected chi connectivity index (χ1v) is 16.5. The second-order valence-corrected chi connectivity index (χ2v) is 16.3. The Morgan fingerprint density at radius 3 is 2.34 bits per heavy atom. The number of aliphatic hydroxyl groups is 2. The minimum absolute atomic E-state index is 0.000166. The van der Waals surface area contributed by atoms with Crippen molar-refractivity contribution in [1.82, 2.24) is 0 Å². The Morgan fingerprint density at radius 1 is 0.976 bits per heavy atom. The summed E-state index contributed by atoms with van der Waals surface area (Å²) in [6.07, 6.45) is 10.5. The number of aliphatic carboxylic acids is 1. The zero-order valence-corrected chi connectivity index (χ0v) is 26.7. The molecule has 0 heterocycles. The van der Waals surface area contributed by atoms with E-state index in [1.165, 1.54) is 5.57 Å². The number of hydrogen-bond donors (Lipinski definition) is 3. The van der Waals surface area contributed by atoms with Gasteiger partial charge in [-0.1, -0.05) is 60.1 Å². The van der Waals surface area contributed by atoms with Gasteiger partial charge >= 0.3 is 11.9 Å². The highest BCUT2D eigenvalue weighted by atomic mass is 16.5. The van der Waals surface area contributed by atoms with Gasteiger partial charge in [-0.05, 0) is 110 Å². The van der Waals surface area contributed by atoms with Crippen molar-refractivity contribution in [3.05, 3.63) is 11.6 Å². The summed E-state index contributed by atoms with van der Waals surface area (Å²) in [5, 5.41) is 29.4. The first kappa shape index (κ1) is 31.0. The van der Waals surface area contributed by atoms with Crippen LogP contribution in [-0.4, -0.2) is 46.1 Å². The van der Waals surface area contributed by atoms with Crippen molar-refractivity contribution in [3.63, 3.8) is 0 Å². The average molecular weight is 573 g/mol. The zero-order valence-electron chi connectivity index (χ0n) is 26.7. The molecule has 0 aliphatic heterocycles. The predicted octanol–water partition coefficient (Wildman–Crippen LogP) is 6.77. The molecule has 4 fully saturated rings. The van der Waals surface area contributed by atoms with E-state index in [9.17, 15) is 19.8 Å². The van der Waals surface area contributed by atoms with E-state index in [1.807, 2.05) is 0 Å². The van der Waals surface area contributed by atoms with Crippen molar-refractivity contribution in [2.24, 2.45) is 56.7 Å². The van der Waals surface area contributed by atoms with Crippen LogP contribution in [0.15, 0.2) is 11.6 Å². The fraction of sp³-hybridized carbons (Fsp3) is 0.886. The summed E-state index contributed by atoms with van der Waals surface area (Å²) in [5.74, 6) is 1.12. The molecule has 3 N–H and O–H groups in total. The molecule has 41 heavy (non-hydrogen) atoms. The Morgan fingerprint density at radius 2 is 1.68 bits per heavy atom. The Kier molecular flexibility index (Phi) is 7.84. The maximum absolute atomic E-state index is 12.9. The average Bonchev–Trinajstić information content (AvgIpc) is 2.91. The SMILES string of the molecule is C[C@@H]1CC[C@]2(C(=O)O)CC[C@]3(C)C(=CC[C@@H]4[C@@]5(C)CC[C@H](OC(=O)CCC(O)CO)C(C)(C)[C@@H]5CC[C@]43C)C2[C@H]1C. The van der Waals surface area contributed by atoms with E-state index in [1.54, 1.807) is 0 Å². The zero-order chi connectivity index (χ0) is 30.2. The number of hydrogen-bond acceptors (Lipinski definition) is 5. The normalized spacial score (nSPS) is 47.5. The van der Waals surface area contributed by atoms with E-state index in [0.717, 1.165) is 57.8 Å². The minimum Gasteiger partial charge on any atom is -0.481 e. The van der Waals surface area contributed by atoms with Gasteiger partial charge in [0.15, 0.2) is 0 Å². The number of fused-ring (bicyclic) bond motifs is 7. The molecular weight excluding hydrogens is 516 g/mol. The molecule has 0 aromatic heterocycles. The molecule has 0 spiro atoms. The Labute approximate surface area is 247 Å². The summed E-state index contributed by atoms with van der Waals surface area (Å²) in [5.41, 5.74) is 0.914. The molecule has 4 saturated carbocycles. The van der Waals surface area contributed by atoms with Gasteiger partial charge < -0.3 is 20.1 Å².